The van der Waals surface area contributed by atoms with Gasteiger partial charge in [-0.25, -0.2) is 0 Å². The Hall–Kier alpha value is -1.14. The van der Waals surface area contributed by atoms with E-state index >= 15 is 0 Å². The Morgan fingerprint density at radius 1 is 0.778 bits per heavy atom. The molecule has 0 aromatic heterocycles. The number of carbonyl (C=O) groups excluding carboxylic acids is 2. The van der Waals surface area contributed by atoms with Crippen molar-refractivity contribution in [3.05, 3.63) is 0 Å². The van der Waals surface area contributed by atoms with Gasteiger partial charge in [0, 0.05) is 12.8 Å². The second-order valence-corrected chi connectivity index (χ2v) is 4.88. The summed E-state index contributed by atoms with van der Waals surface area (Å²) >= 11 is 0. The fraction of sp³-hybridized carbons (Fsp3) is 0.833. The number of carbonyl (C=O) groups is 2. The third-order valence-corrected chi connectivity index (χ3v) is 2.24. The Balaban J connectivity index is 3.44. The maximum atomic E-state index is 11.4. The lowest BCUT2D eigenvalue weighted by Crippen LogP contribution is -2.33. The number of rotatable bonds is 9. The quantitative estimate of drug-likeness (QED) is 0.445. The number of hydrogen-bond donors (Lipinski definition) is 2. The molecule has 0 aromatic carbocycles. The average molecular weight is 258 g/mol. The molecule has 18 heavy (non-hydrogen) atoms. The summed E-state index contributed by atoms with van der Waals surface area (Å²) in [5, 5.41) is 5.58. The molecule has 0 aliphatic heterocycles. The highest BCUT2D eigenvalue weighted by molar-refractivity contribution is 5.76. The summed E-state index contributed by atoms with van der Waals surface area (Å²) in [5.74, 6) is 0.0785. The molecule has 0 bridgehead atoms. The first-order chi connectivity index (χ1) is 8.41. The van der Waals surface area contributed by atoms with Gasteiger partial charge in [0.25, 0.3) is 0 Å². The first-order valence-electron chi connectivity index (χ1n) is 6.24. The van der Waals surface area contributed by atoms with E-state index in [1.165, 1.54) is 0 Å². The lowest BCUT2D eigenvalue weighted by Gasteiger charge is -2.11. The Morgan fingerprint density at radius 3 is 1.39 bits per heavy atom. The van der Waals surface area contributed by atoms with Crippen LogP contribution in [0.1, 0.15) is 25.7 Å². The molecule has 0 rings (SSSR count). The van der Waals surface area contributed by atoms with Crippen LogP contribution in [-0.4, -0.2) is 63.1 Å². The van der Waals surface area contributed by atoms with E-state index in [-0.39, 0.29) is 11.8 Å². The molecule has 0 unspecified atom stereocenters. The van der Waals surface area contributed by atoms with E-state index in [4.69, 9.17) is 0 Å². The van der Waals surface area contributed by atoms with Gasteiger partial charge in [-0.3, -0.25) is 19.4 Å². The minimum atomic E-state index is 0.0393. The molecule has 0 aliphatic rings. The van der Waals surface area contributed by atoms with Crippen molar-refractivity contribution in [2.75, 3.05) is 41.5 Å². The second-order valence-electron chi connectivity index (χ2n) is 4.88. The van der Waals surface area contributed by atoms with Crippen molar-refractivity contribution in [3.8, 4) is 0 Å². The first-order valence-corrected chi connectivity index (χ1v) is 6.24. The van der Waals surface area contributed by atoms with Gasteiger partial charge in [0.1, 0.15) is 0 Å². The molecule has 6 heteroatoms. The van der Waals surface area contributed by atoms with Crippen molar-refractivity contribution >= 4 is 11.8 Å². The second kappa shape index (κ2) is 9.85. The van der Waals surface area contributed by atoms with Gasteiger partial charge in [-0.2, -0.15) is 0 Å². The zero-order valence-corrected chi connectivity index (χ0v) is 12.0. The van der Waals surface area contributed by atoms with Gasteiger partial charge in [-0.15, -0.1) is 0 Å². The van der Waals surface area contributed by atoms with Crippen LogP contribution < -0.4 is 10.6 Å². The van der Waals surface area contributed by atoms with Crippen LogP contribution in [0.15, 0.2) is 0 Å². The summed E-state index contributed by atoms with van der Waals surface area (Å²) in [4.78, 5) is 26.5. The number of amides is 2. The average Bonchev–Trinajstić information content (AvgIpc) is 2.29. The largest absolute Gasteiger partial charge is 0.343 e. The summed E-state index contributed by atoms with van der Waals surface area (Å²) in [5.41, 5.74) is 0. The fourth-order valence-corrected chi connectivity index (χ4v) is 1.24. The van der Waals surface area contributed by atoms with Crippen LogP contribution in [0.2, 0.25) is 0 Å². The highest BCUT2D eigenvalue weighted by Gasteiger charge is 2.04. The summed E-state index contributed by atoms with van der Waals surface area (Å²) in [7, 11) is 7.59. The van der Waals surface area contributed by atoms with Gasteiger partial charge in [0.15, 0.2) is 0 Å². The lowest BCUT2D eigenvalue weighted by molar-refractivity contribution is -0.123. The maximum absolute atomic E-state index is 11.4. The van der Waals surface area contributed by atoms with E-state index in [1.807, 2.05) is 38.0 Å². The Bertz CT molecular complexity index is 228. The van der Waals surface area contributed by atoms with Gasteiger partial charge in [-0.05, 0) is 41.0 Å². The molecule has 0 saturated heterocycles. The molecular weight excluding hydrogens is 232 g/mol. The van der Waals surface area contributed by atoms with Gasteiger partial charge in [0.2, 0.25) is 11.8 Å². The van der Waals surface area contributed by atoms with Gasteiger partial charge in [0.05, 0.1) is 13.3 Å². The normalized spacial score (nSPS) is 10.8. The predicted molar refractivity (Wildman–Crippen MR) is 71.9 cm³/mol. The van der Waals surface area contributed by atoms with Crippen LogP contribution in [-0.2, 0) is 9.59 Å². The van der Waals surface area contributed by atoms with E-state index in [2.05, 4.69) is 10.6 Å². The Kier molecular flexibility index (Phi) is 9.22. The molecule has 0 saturated carbocycles. The van der Waals surface area contributed by atoms with Crippen LogP contribution in [0, 0.1) is 0 Å². The molecule has 0 heterocycles. The summed E-state index contributed by atoms with van der Waals surface area (Å²) in [6.45, 7) is 1.12. The van der Waals surface area contributed by atoms with E-state index in [0.717, 1.165) is 12.8 Å². The van der Waals surface area contributed by atoms with Crippen LogP contribution in [0.5, 0.6) is 0 Å². The fourth-order valence-electron chi connectivity index (χ4n) is 1.24. The Morgan fingerprint density at radius 2 is 1.11 bits per heavy atom. The molecular formula is C12H26N4O2. The maximum Gasteiger partial charge on any atom is 0.220 e. The zero-order valence-electron chi connectivity index (χ0n) is 12.0. The third-order valence-electron chi connectivity index (χ3n) is 2.24. The SMILES string of the molecule is CN(C)CNC(=O)CCCCC(=O)NCN(C)C. The van der Waals surface area contributed by atoms with E-state index in [9.17, 15) is 9.59 Å². The molecule has 106 valence electrons. The third kappa shape index (κ3) is 11.3. The van der Waals surface area contributed by atoms with Crippen molar-refractivity contribution < 1.29 is 9.59 Å². The number of nitrogens with one attached hydrogen (secondary N) is 2. The minimum Gasteiger partial charge on any atom is -0.343 e. The lowest BCUT2D eigenvalue weighted by atomic mass is 10.2. The molecule has 6 nitrogen and oxygen atoms in total. The van der Waals surface area contributed by atoms with Crippen LogP contribution in [0.4, 0.5) is 0 Å². The predicted octanol–water partition coefficient (Wildman–Crippen LogP) is -0.183. The molecule has 0 aromatic rings. The zero-order chi connectivity index (χ0) is 14.0. The summed E-state index contributed by atoms with van der Waals surface area (Å²) in [6, 6.07) is 0. The monoisotopic (exact) mass is 258 g/mol. The molecule has 2 N–H and O–H groups in total. The summed E-state index contributed by atoms with van der Waals surface area (Å²) < 4.78 is 0. The van der Waals surface area contributed by atoms with Crippen molar-refractivity contribution in [1.82, 2.24) is 20.4 Å². The highest BCUT2D eigenvalue weighted by atomic mass is 16.2. The standard InChI is InChI=1S/C12H26N4O2/c1-15(2)9-13-11(17)7-5-6-8-12(18)14-10-16(3)4/h5-10H2,1-4H3,(H,13,17)(H,14,18). The van der Waals surface area contributed by atoms with Gasteiger partial charge in [-0.1, -0.05) is 0 Å². The van der Waals surface area contributed by atoms with Crippen molar-refractivity contribution in [2.24, 2.45) is 0 Å². The van der Waals surface area contributed by atoms with Crippen molar-refractivity contribution in [3.63, 3.8) is 0 Å². The molecule has 0 spiro atoms. The molecule has 0 aliphatic carbocycles. The van der Waals surface area contributed by atoms with Crippen LogP contribution in [0.3, 0.4) is 0 Å². The van der Waals surface area contributed by atoms with E-state index in [0.29, 0.717) is 26.2 Å². The van der Waals surface area contributed by atoms with Crippen molar-refractivity contribution in [1.29, 1.82) is 0 Å². The minimum absolute atomic E-state index is 0.0393. The number of nitrogens with zero attached hydrogens (tertiary/aromatic N) is 2. The van der Waals surface area contributed by atoms with E-state index < -0.39 is 0 Å². The molecule has 0 radical (unpaired) electrons. The number of unbranched alkanes of at least 4 members (excludes halogenated alkanes) is 1. The van der Waals surface area contributed by atoms with Crippen LogP contribution in [0.25, 0.3) is 0 Å². The molecule has 0 atom stereocenters. The van der Waals surface area contributed by atoms with Crippen molar-refractivity contribution in [2.45, 2.75) is 25.7 Å². The topological polar surface area (TPSA) is 64.7 Å². The van der Waals surface area contributed by atoms with Gasteiger partial charge >= 0.3 is 0 Å². The molecule has 2 amide bonds. The molecule has 0 fully saturated rings. The Labute approximate surface area is 110 Å². The smallest absolute Gasteiger partial charge is 0.220 e. The van der Waals surface area contributed by atoms with E-state index in [1.54, 1.807) is 0 Å². The summed E-state index contributed by atoms with van der Waals surface area (Å²) in [6.07, 6.45) is 2.45. The first kappa shape index (κ1) is 16.9. The highest BCUT2D eigenvalue weighted by Crippen LogP contribution is 1.99. The number of hydrogen-bond acceptors (Lipinski definition) is 4. The van der Waals surface area contributed by atoms with Gasteiger partial charge < -0.3 is 10.6 Å². The van der Waals surface area contributed by atoms with Crippen LogP contribution >= 0.6 is 0 Å².